The SMILES string of the molecule is Cc1c(-c2nc3ccncc3[nH]2)cnn1C. The molecule has 0 bridgehead atoms. The first-order valence-corrected chi connectivity index (χ1v) is 5.04. The standard InChI is InChI=1S/C11H11N5/c1-7-8(5-13-16(7)2)11-14-9-3-4-12-6-10(9)15-11/h3-6H,1-2H3,(H,14,15). The Balaban J connectivity index is 2.23. The van der Waals surface area contributed by atoms with E-state index in [1.54, 1.807) is 12.4 Å². The molecule has 16 heavy (non-hydrogen) atoms. The maximum absolute atomic E-state index is 4.51. The van der Waals surface area contributed by atoms with Crippen LogP contribution in [0.15, 0.2) is 24.7 Å². The molecule has 5 heteroatoms. The van der Waals surface area contributed by atoms with Crippen molar-refractivity contribution in [2.45, 2.75) is 6.92 Å². The Bertz CT molecular complexity index is 616. The lowest BCUT2D eigenvalue weighted by Crippen LogP contribution is -1.92. The number of fused-ring (bicyclic) bond motifs is 1. The molecule has 3 aromatic heterocycles. The van der Waals surface area contributed by atoms with Crippen LogP contribution in [-0.4, -0.2) is 24.7 Å². The van der Waals surface area contributed by atoms with Crippen molar-refractivity contribution in [1.29, 1.82) is 0 Å². The molecule has 0 aliphatic rings. The van der Waals surface area contributed by atoms with E-state index in [1.807, 2.05) is 30.9 Å². The topological polar surface area (TPSA) is 59.4 Å². The van der Waals surface area contributed by atoms with E-state index < -0.39 is 0 Å². The molecule has 3 heterocycles. The summed E-state index contributed by atoms with van der Waals surface area (Å²) in [5.41, 5.74) is 3.99. The van der Waals surface area contributed by atoms with Gasteiger partial charge in [-0.15, -0.1) is 0 Å². The Hall–Kier alpha value is -2.17. The van der Waals surface area contributed by atoms with Crippen molar-refractivity contribution in [3.05, 3.63) is 30.4 Å². The maximum atomic E-state index is 4.51. The second kappa shape index (κ2) is 3.16. The quantitative estimate of drug-likeness (QED) is 0.668. The van der Waals surface area contributed by atoms with Crippen LogP contribution in [0.4, 0.5) is 0 Å². The van der Waals surface area contributed by atoms with E-state index in [-0.39, 0.29) is 0 Å². The molecule has 0 saturated carbocycles. The van der Waals surface area contributed by atoms with Gasteiger partial charge in [0.1, 0.15) is 5.82 Å². The molecule has 0 saturated heterocycles. The molecule has 0 spiro atoms. The molecule has 5 nitrogen and oxygen atoms in total. The summed E-state index contributed by atoms with van der Waals surface area (Å²) in [6, 6.07) is 1.89. The molecule has 3 rings (SSSR count). The van der Waals surface area contributed by atoms with Gasteiger partial charge in [-0.2, -0.15) is 5.10 Å². The number of hydrogen-bond acceptors (Lipinski definition) is 3. The molecule has 80 valence electrons. The maximum Gasteiger partial charge on any atom is 0.141 e. The van der Waals surface area contributed by atoms with Crippen LogP contribution in [-0.2, 0) is 7.05 Å². The van der Waals surface area contributed by atoms with Crippen molar-refractivity contribution in [3.8, 4) is 11.4 Å². The lowest BCUT2D eigenvalue weighted by molar-refractivity contribution is 0.740. The van der Waals surface area contributed by atoms with Crippen LogP contribution in [0.25, 0.3) is 22.4 Å². The summed E-state index contributed by atoms with van der Waals surface area (Å²) in [5, 5.41) is 4.20. The summed E-state index contributed by atoms with van der Waals surface area (Å²) in [5.74, 6) is 0.841. The third-order valence-electron chi connectivity index (χ3n) is 2.77. The fourth-order valence-electron chi connectivity index (χ4n) is 1.72. The number of rotatable bonds is 1. The first kappa shape index (κ1) is 9.08. The average Bonchev–Trinajstić information content (AvgIpc) is 2.84. The third-order valence-corrected chi connectivity index (χ3v) is 2.77. The Morgan fingerprint density at radius 1 is 1.31 bits per heavy atom. The van der Waals surface area contributed by atoms with Crippen molar-refractivity contribution in [1.82, 2.24) is 24.7 Å². The van der Waals surface area contributed by atoms with Gasteiger partial charge in [0.25, 0.3) is 0 Å². The van der Waals surface area contributed by atoms with Gasteiger partial charge >= 0.3 is 0 Å². The number of H-pyrrole nitrogens is 1. The summed E-state index contributed by atoms with van der Waals surface area (Å²) >= 11 is 0. The second-order valence-corrected chi connectivity index (χ2v) is 3.75. The number of aryl methyl sites for hydroxylation is 1. The van der Waals surface area contributed by atoms with Crippen LogP contribution in [0.1, 0.15) is 5.69 Å². The van der Waals surface area contributed by atoms with Crippen LogP contribution in [0.2, 0.25) is 0 Å². The zero-order valence-corrected chi connectivity index (χ0v) is 9.10. The highest BCUT2D eigenvalue weighted by Crippen LogP contribution is 2.22. The largest absolute Gasteiger partial charge is 0.337 e. The molecule has 0 amide bonds. The zero-order chi connectivity index (χ0) is 11.1. The number of imidazole rings is 1. The average molecular weight is 213 g/mol. The summed E-state index contributed by atoms with van der Waals surface area (Å²) < 4.78 is 1.83. The minimum atomic E-state index is 0.841. The van der Waals surface area contributed by atoms with Gasteiger partial charge in [0.2, 0.25) is 0 Å². The third kappa shape index (κ3) is 1.21. The Morgan fingerprint density at radius 2 is 2.19 bits per heavy atom. The van der Waals surface area contributed by atoms with Gasteiger partial charge in [0, 0.05) is 18.9 Å². The van der Waals surface area contributed by atoms with Crippen LogP contribution in [0, 0.1) is 6.92 Å². The fourth-order valence-corrected chi connectivity index (χ4v) is 1.72. The van der Waals surface area contributed by atoms with Crippen molar-refractivity contribution in [2.75, 3.05) is 0 Å². The molecule has 0 radical (unpaired) electrons. The second-order valence-electron chi connectivity index (χ2n) is 3.75. The number of nitrogens with one attached hydrogen (secondary N) is 1. The summed E-state index contributed by atoms with van der Waals surface area (Å²) in [7, 11) is 1.92. The van der Waals surface area contributed by atoms with Crippen molar-refractivity contribution >= 4 is 11.0 Å². The molecule has 0 fully saturated rings. The number of aromatic nitrogens is 5. The van der Waals surface area contributed by atoms with Crippen molar-refractivity contribution < 1.29 is 0 Å². The molecule has 3 aromatic rings. The summed E-state index contributed by atoms with van der Waals surface area (Å²) in [6.07, 6.45) is 5.33. The van der Waals surface area contributed by atoms with E-state index in [4.69, 9.17) is 0 Å². The lowest BCUT2D eigenvalue weighted by atomic mass is 10.2. The monoisotopic (exact) mass is 213 g/mol. The van der Waals surface area contributed by atoms with Crippen LogP contribution in [0.3, 0.4) is 0 Å². The number of aromatic amines is 1. The van der Waals surface area contributed by atoms with Crippen LogP contribution >= 0.6 is 0 Å². The van der Waals surface area contributed by atoms with Gasteiger partial charge in [-0.25, -0.2) is 4.98 Å². The summed E-state index contributed by atoms with van der Waals surface area (Å²) in [4.78, 5) is 11.8. The Kier molecular flexibility index (Phi) is 1.80. The fraction of sp³-hybridized carbons (Fsp3) is 0.182. The molecule has 0 aliphatic carbocycles. The van der Waals surface area contributed by atoms with Crippen molar-refractivity contribution in [3.63, 3.8) is 0 Å². The normalized spacial score (nSPS) is 11.1. The highest BCUT2D eigenvalue weighted by Gasteiger charge is 2.10. The van der Waals surface area contributed by atoms with E-state index in [2.05, 4.69) is 20.1 Å². The minimum absolute atomic E-state index is 0.841. The Morgan fingerprint density at radius 3 is 2.88 bits per heavy atom. The van der Waals surface area contributed by atoms with Gasteiger partial charge in [-0.3, -0.25) is 9.67 Å². The van der Waals surface area contributed by atoms with E-state index >= 15 is 0 Å². The van der Waals surface area contributed by atoms with Gasteiger partial charge in [0.05, 0.1) is 29.0 Å². The highest BCUT2D eigenvalue weighted by atomic mass is 15.3. The van der Waals surface area contributed by atoms with E-state index in [9.17, 15) is 0 Å². The molecular formula is C11H11N5. The Labute approximate surface area is 92.2 Å². The van der Waals surface area contributed by atoms with Crippen molar-refractivity contribution in [2.24, 2.45) is 7.05 Å². The van der Waals surface area contributed by atoms with Gasteiger partial charge in [-0.1, -0.05) is 0 Å². The smallest absolute Gasteiger partial charge is 0.141 e. The van der Waals surface area contributed by atoms with Crippen LogP contribution < -0.4 is 0 Å². The summed E-state index contributed by atoms with van der Waals surface area (Å²) in [6.45, 7) is 2.02. The van der Waals surface area contributed by atoms with Gasteiger partial charge in [-0.05, 0) is 13.0 Å². The molecule has 0 unspecified atom stereocenters. The molecule has 0 atom stereocenters. The number of pyridine rings is 1. The highest BCUT2D eigenvalue weighted by molar-refractivity contribution is 5.78. The van der Waals surface area contributed by atoms with E-state index in [1.165, 1.54) is 0 Å². The molecular weight excluding hydrogens is 202 g/mol. The zero-order valence-electron chi connectivity index (χ0n) is 9.10. The predicted octanol–water partition coefficient (Wildman–Crippen LogP) is 1.67. The lowest BCUT2D eigenvalue weighted by Gasteiger charge is -1.95. The van der Waals surface area contributed by atoms with E-state index in [0.29, 0.717) is 0 Å². The number of hydrogen-bond donors (Lipinski definition) is 1. The van der Waals surface area contributed by atoms with Gasteiger partial charge < -0.3 is 4.98 Å². The van der Waals surface area contributed by atoms with E-state index in [0.717, 1.165) is 28.1 Å². The first-order chi connectivity index (χ1) is 7.75. The first-order valence-electron chi connectivity index (χ1n) is 5.04. The van der Waals surface area contributed by atoms with Crippen LogP contribution in [0.5, 0.6) is 0 Å². The molecule has 0 aliphatic heterocycles. The number of nitrogens with zero attached hydrogens (tertiary/aromatic N) is 4. The minimum Gasteiger partial charge on any atom is -0.337 e. The molecule has 0 aromatic carbocycles. The van der Waals surface area contributed by atoms with Gasteiger partial charge in [0.15, 0.2) is 0 Å². The molecule has 1 N–H and O–H groups in total. The predicted molar refractivity (Wildman–Crippen MR) is 60.8 cm³/mol.